The number of rotatable bonds is 7. The fourth-order valence-corrected chi connectivity index (χ4v) is 4.04. The summed E-state index contributed by atoms with van der Waals surface area (Å²) in [6, 6.07) is 16.7. The Morgan fingerprint density at radius 3 is 2.50 bits per heavy atom. The van der Waals surface area contributed by atoms with Gasteiger partial charge in [0.25, 0.3) is 11.8 Å². The zero-order valence-corrected chi connectivity index (χ0v) is 21.9. The quantitative estimate of drug-likeness (QED) is 0.276. The van der Waals surface area contributed by atoms with Crippen LogP contribution in [0.3, 0.4) is 0 Å². The van der Waals surface area contributed by atoms with Crippen molar-refractivity contribution in [2.24, 2.45) is 0 Å². The summed E-state index contributed by atoms with van der Waals surface area (Å²) >= 11 is 9.62. The fraction of sp³-hybridized carbons (Fsp3) is 0.148. The number of nitrogens with zero attached hydrogens (tertiary/aromatic N) is 1. The summed E-state index contributed by atoms with van der Waals surface area (Å²) in [5.41, 5.74) is 2.37. The van der Waals surface area contributed by atoms with Crippen molar-refractivity contribution in [1.82, 2.24) is 5.32 Å². The van der Waals surface area contributed by atoms with Crippen molar-refractivity contribution in [3.63, 3.8) is 0 Å². The number of barbiturate groups is 1. The van der Waals surface area contributed by atoms with E-state index in [0.29, 0.717) is 34.4 Å². The predicted octanol–water partition coefficient (Wildman–Crippen LogP) is 6.06. The number of amides is 4. The first-order chi connectivity index (χ1) is 17.3. The summed E-state index contributed by atoms with van der Waals surface area (Å²) in [5, 5.41) is 2.83. The van der Waals surface area contributed by atoms with Crippen LogP contribution < -0.4 is 19.7 Å². The summed E-state index contributed by atoms with van der Waals surface area (Å²) in [6.07, 6.45) is 1.42. The summed E-state index contributed by atoms with van der Waals surface area (Å²) in [6.45, 7) is 4.30. The molecule has 3 aromatic carbocycles. The highest BCUT2D eigenvalue weighted by molar-refractivity contribution is 9.10. The number of nitrogens with one attached hydrogen (secondary N) is 1. The summed E-state index contributed by atoms with van der Waals surface area (Å²) in [4.78, 5) is 39.2. The molecule has 1 heterocycles. The van der Waals surface area contributed by atoms with E-state index in [1.165, 1.54) is 6.08 Å². The van der Waals surface area contributed by atoms with E-state index in [4.69, 9.17) is 21.1 Å². The third kappa shape index (κ3) is 5.45. The molecule has 0 bridgehead atoms. The molecule has 1 N–H and O–H groups in total. The zero-order chi connectivity index (χ0) is 25.8. The van der Waals surface area contributed by atoms with Gasteiger partial charge in [0.2, 0.25) is 0 Å². The van der Waals surface area contributed by atoms with E-state index in [0.717, 1.165) is 20.5 Å². The Morgan fingerprint density at radius 1 is 1.00 bits per heavy atom. The highest BCUT2D eigenvalue weighted by atomic mass is 79.9. The predicted molar refractivity (Wildman–Crippen MR) is 141 cm³/mol. The van der Waals surface area contributed by atoms with Crippen molar-refractivity contribution in [3.8, 4) is 11.5 Å². The second kappa shape index (κ2) is 11.0. The number of carbonyl (C=O) groups excluding carboxylic acids is 3. The van der Waals surface area contributed by atoms with E-state index < -0.39 is 17.8 Å². The Morgan fingerprint density at radius 2 is 1.78 bits per heavy atom. The first-order valence-electron chi connectivity index (χ1n) is 11.1. The monoisotopic (exact) mass is 568 g/mol. The molecule has 0 saturated carbocycles. The van der Waals surface area contributed by atoms with Crippen LogP contribution in [0.15, 0.2) is 70.7 Å². The molecule has 3 aromatic rings. The SMILES string of the molecule is CCOc1cc(/C=C2\C(=O)NC(=O)N(c3ccc(Br)c(C)c3)C2=O)ccc1OCc1ccccc1Cl. The molecular weight excluding hydrogens is 548 g/mol. The summed E-state index contributed by atoms with van der Waals surface area (Å²) in [7, 11) is 0. The number of imide groups is 2. The highest BCUT2D eigenvalue weighted by Crippen LogP contribution is 2.32. The Bertz CT molecular complexity index is 1390. The van der Waals surface area contributed by atoms with Gasteiger partial charge < -0.3 is 9.47 Å². The van der Waals surface area contributed by atoms with E-state index in [9.17, 15) is 14.4 Å². The number of aryl methyl sites for hydroxylation is 1. The molecule has 1 aliphatic heterocycles. The highest BCUT2D eigenvalue weighted by Gasteiger charge is 2.37. The average Bonchev–Trinajstić information content (AvgIpc) is 2.84. The first kappa shape index (κ1) is 25.5. The van der Waals surface area contributed by atoms with E-state index in [1.54, 1.807) is 42.5 Å². The van der Waals surface area contributed by atoms with Gasteiger partial charge in [0.1, 0.15) is 12.2 Å². The molecule has 0 aromatic heterocycles. The second-order valence-electron chi connectivity index (χ2n) is 7.91. The molecule has 0 unspecified atom stereocenters. The summed E-state index contributed by atoms with van der Waals surface area (Å²) < 4.78 is 12.5. The van der Waals surface area contributed by atoms with Crippen molar-refractivity contribution in [3.05, 3.63) is 92.4 Å². The Kier molecular flexibility index (Phi) is 7.76. The van der Waals surface area contributed by atoms with Gasteiger partial charge in [0.15, 0.2) is 11.5 Å². The van der Waals surface area contributed by atoms with Gasteiger partial charge in [-0.2, -0.15) is 0 Å². The molecule has 0 aliphatic carbocycles. The van der Waals surface area contributed by atoms with Crippen LogP contribution in [0.4, 0.5) is 10.5 Å². The molecule has 9 heteroatoms. The number of carbonyl (C=O) groups is 3. The largest absolute Gasteiger partial charge is 0.490 e. The van der Waals surface area contributed by atoms with Crippen molar-refractivity contribution in [2.45, 2.75) is 20.5 Å². The molecule has 0 spiro atoms. The lowest BCUT2D eigenvalue weighted by Crippen LogP contribution is -2.54. The molecule has 184 valence electrons. The maximum atomic E-state index is 13.2. The molecule has 1 aliphatic rings. The van der Waals surface area contributed by atoms with Crippen LogP contribution in [-0.2, 0) is 16.2 Å². The van der Waals surface area contributed by atoms with Crippen LogP contribution in [0.25, 0.3) is 6.08 Å². The lowest BCUT2D eigenvalue weighted by Gasteiger charge is -2.26. The number of hydrogen-bond donors (Lipinski definition) is 1. The fourth-order valence-electron chi connectivity index (χ4n) is 3.60. The van der Waals surface area contributed by atoms with Crippen molar-refractivity contribution in [2.75, 3.05) is 11.5 Å². The molecule has 0 atom stereocenters. The molecule has 1 saturated heterocycles. The van der Waals surface area contributed by atoms with Gasteiger partial charge >= 0.3 is 6.03 Å². The zero-order valence-electron chi connectivity index (χ0n) is 19.5. The van der Waals surface area contributed by atoms with Crippen LogP contribution in [0, 0.1) is 6.92 Å². The number of halogens is 2. The first-order valence-corrected chi connectivity index (χ1v) is 12.3. The molecular formula is C27H22BrClN2O5. The van der Waals surface area contributed by atoms with Gasteiger partial charge in [0, 0.05) is 15.1 Å². The second-order valence-corrected chi connectivity index (χ2v) is 9.17. The van der Waals surface area contributed by atoms with Crippen LogP contribution in [0.1, 0.15) is 23.6 Å². The Hall–Kier alpha value is -3.62. The minimum atomic E-state index is -0.804. The Labute approximate surface area is 221 Å². The minimum Gasteiger partial charge on any atom is -0.490 e. The number of benzene rings is 3. The molecule has 36 heavy (non-hydrogen) atoms. The molecule has 4 amide bonds. The summed E-state index contributed by atoms with van der Waals surface area (Å²) in [5.74, 6) is -0.561. The lowest BCUT2D eigenvalue weighted by molar-refractivity contribution is -0.122. The molecule has 0 radical (unpaired) electrons. The van der Waals surface area contributed by atoms with Crippen molar-refractivity contribution in [1.29, 1.82) is 0 Å². The van der Waals surface area contributed by atoms with Gasteiger partial charge in [-0.25, -0.2) is 9.69 Å². The van der Waals surface area contributed by atoms with Crippen LogP contribution in [0.5, 0.6) is 11.5 Å². The minimum absolute atomic E-state index is 0.178. The van der Waals surface area contributed by atoms with Gasteiger partial charge in [-0.3, -0.25) is 14.9 Å². The van der Waals surface area contributed by atoms with Gasteiger partial charge in [-0.05, 0) is 67.4 Å². The standard InChI is InChI=1S/C27H22BrClN2O5/c1-3-35-24-14-17(8-11-23(24)36-15-18-6-4-5-7-22(18)29)13-20-25(32)30-27(34)31(26(20)33)19-9-10-21(28)16(2)12-19/h4-14H,3,15H2,1-2H3,(H,30,32,34)/b20-13+. The van der Waals surface area contributed by atoms with Gasteiger partial charge in [-0.15, -0.1) is 0 Å². The van der Waals surface area contributed by atoms with E-state index in [1.807, 2.05) is 32.0 Å². The molecule has 7 nitrogen and oxygen atoms in total. The van der Waals surface area contributed by atoms with E-state index >= 15 is 0 Å². The van der Waals surface area contributed by atoms with Gasteiger partial charge in [0.05, 0.1) is 12.3 Å². The van der Waals surface area contributed by atoms with Crippen molar-refractivity contribution >= 4 is 57.1 Å². The van der Waals surface area contributed by atoms with E-state index in [2.05, 4.69) is 21.2 Å². The lowest BCUT2D eigenvalue weighted by atomic mass is 10.1. The smallest absolute Gasteiger partial charge is 0.335 e. The third-order valence-corrected chi connectivity index (χ3v) is 6.68. The number of anilines is 1. The van der Waals surface area contributed by atoms with Crippen molar-refractivity contribution < 1.29 is 23.9 Å². The molecule has 4 rings (SSSR count). The van der Waals surface area contributed by atoms with Gasteiger partial charge in [-0.1, -0.05) is 51.8 Å². The maximum absolute atomic E-state index is 13.2. The normalized spacial score (nSPS) is 14.7. The molecule has 1 fully saturated rings. The Balaban J connectivity index is 1.63. The average molecular weight is 570 g/mol. The van der Waals surface area contributed by atoms with Crippen LogP contribution in [-0.4, -0.2) is 24.5 Å². The number of ether oxygens (including phenoxy) is 2. The topological polar surface area (TPSA) is 84.9 Å². The number of urea groups is 1. The van der Waals surface area contributed by atoms with E-state index in [-0.39, 0.29) is 12.2 Å². The van der Waals surface area contributed by atoms with Crippen LogP contribution >= 0.6 is 27.5 Å². The number of hydrogen-bond acceptors (Lipinski definition) is 5. The third-order valence-electron chi connectivity index (χ3n) is 5.42. The van der Waals surface area contributed by atoms with Crippen LogP contribution in [0.2, 0.25) is 5.02 Å². The maximum Gasteiger partial charge on any atom is 0.335 e.